The molecule has 1 atom stereocenters. The first-order chi connectivity index (χ1) is 15.5. The van der Waals surface area contributed by atoms with Crippen LogP contribution in [0.15, 0.2) is 42.5 Å². The molecule has 0 fully saturated rings. The molecule has 1 N–H and O–H groups in total. The first-order valence-electron chi connectivity index (χ1n) is 12.3. The number of benzene rings is 1. The Kier molecular flexibility index (Phi) is 15.8. The summed E-state index contributed by atoms with van der Waals surface area (Å²) >= 11 is 0. The lowest BCUT2D eigenvalue weighted by Gasteiger charge is -2.12. The number of hydrogen-bond donors (Lipinski definition) is 1. The van der Waals surface area contributed by atoms with Gasteiger partial charge in [-0.25, -0.2) is 0 Å². The van der Waals surface area contributed by atoms with Crippen LogP contribution in [0.4, 0.5) is 0 Å². The minimum Gasteiger partial charge on any atom is -0.481 e. The van der Waals surface area contributed by atoms with Gasteiger partial charge in [0.25, 0.3) is 0 Å². The molecule has 0 heterocycles. The number of unbranched alkanes of at least 4 members (excludes halogenated alkanes) is 8. The number of esters is 1. The Morgan fingerprint density at radius 3 is 2.31 bits per heavy atom. The Hall–Kier alpha value is -2.36. The van der Waals surface area contributed by atoms with Crippen LogP contribution in [0.3, 0.4) is 0 Å². The van der Waals surface area contributed by atoms with Crippen molar-refractivity contribution in [2.75, 3.05) is 0 Å². The van der Waals surface area contributed by atoms with Crippen LogP contribution < -0.4 is 0 Å². The Labute approximate surface area is 194 Å². The molecule has 0 saturated carbocycles. The summed E-state index contributed by atoms with van der Waals surface area (Å²) in [4.78, 5) is 22.1. The van der Waals surface area contributed by atoms with Gasteiger partial charge in [0.15, 0.2) is 0 Å². The van der Waals surface area contributed by atoms with Gasteiger partial charge in [0.2, 0.25) is 0 Å². The standard InChI is InChI=1S/C28H42O4/c1-3-4-5-6-7-8-9-10-21-27(32-24(2)29)22-15-13-19-25-17-11-12-18-26(25)20-14-16-23-28(30)31/h11-13,15,17-19,22,27H,3-10,14,16,20-21,23H2,1-2H3,(H,30,31)/b19-13+,22-15+/t27-/m0/s1. The highest BCUT2D eigenvalue weighted by atomic mass is 16.5. The number of aryl methyl sites for hydroxylation is 1. The van der Waals surface area contributed by atoms with Crippen LogP contribution in [-0.4, -0.2) is 23.1 Å². The molecule has 0 saturated heterocycles. The first kappa shape index (κ1) is 27.7. The Balaban J connectivity index is 2.47. The maximum atomic E-state index is 11.4. The molecule has 4 heteroatoms. The number of carboxylic acid groups (broad SMARTS) is 1. The van der Waals surface area contributed by atoms with E-state index in [2.05, 4.69) is 25.1 Å². The normalized spacial score (nSPS) is 12.4. The van der Waals surface area contributed by atoms with Crippen LogP contribution in [0.5, 0.6) is 0 Å². The van der Waals surface area contributed by atoms with E-state index in [0.29, 0.717) is 6.42 Å². The van der Waals surface area contributed by atoms with E-state index in [9.17, 15) is 9.59 Å². The minimum atomic E-state index is -0.738. The SMILES string of the molecule is CCCCCCCCCC[C@@H](/C=C/C=C/c1ccccc1CCCCC(=O)O)OC(C)=O. The second-order valence-corrected chi connectivity index (χ2v) is 8.46. The summed E-state index contributed by atoms with van der Waals surface area (Å²) in [5.41, 5.74) is 2.36. The summed E-state index contributed by atoms with van der Waals surface area (Å²) in [6.07, 6.45) is 21.4. The lowest BCUT2D eigenvalue weighted by Crippen LogP contribution is -2.13. The maximum absolute atomic E-state index is 11.4. The molecule has 0 unspecified atom stereocenters. The molecule has 1 aromatic rings. The molecule has 0 bridgehead atoms. The van der Waals surface area contributed by atoms with Crippen molar-refractivity contribution in [2.45, 2.75) is 103 Å². The number of carbonyl (C=O) groups is 2. The highest BCUT2D eigenvalue weighted by molar-refractivity contribution is 5.66. The number of hydrogen-bond acceptors (Lipinski definition) is 3. The van der Waals surface area contributed by atoms with E-state index >= 15 is 0 Å². The third-order valence-corrected chi connectivity index (χ3v) is 5.51. The quantitative estimate of drug-likeness (QED) is 0.145. The first-order valence-corrected chi connectivity index (χ1v) is 12.3. The van der Waals surface area contributed by atoms with Gasteiger partial charge < -0.3 is 9.84 Å². The number of aliphatic carboxylic acids is 1. The van der Waals surface area contributed by atoms with Crippen molar-refractivity contribution in [1.82, 2.24) is 0 Å². The van der Waals surface area contributed by atoms with Crippen LogP contribution in [-0.2, 0) is 20.7 Å². The van der Waals surface area contributed by atoms with Gasteiger partial charge in [0.05, 0.1) is 0 Å². The molecule has 178 valence electrons. The van der Waals surface area contributed by atoms with E-state index in [1.807, 2.05) is 30.4 Å². The minimum absolute atomic E-state index is 0.177. The molecule has 0 spiro atoms. The van der Waals surface area contributed by atoms with Crippen LogP contribution in [0.1, 0.15) is 102 Å². The lowest BCUT2D eigenvalue weighted by atomic mass is 10.0. The van der Waals surface area contributed by atoms with Crippen LogP contribution >= 0.6 is 0 Å². The largest absolute Gasteiger partial charge is 0.481 e. The zero-order chi connectivity index (χ0) is 23.4. The molecule has 1 rings (SSSR count). The van der Waals surface area contributed by atoms with Gasteiger partial charge in [-0.05, 0) is 49.3 Å². The zero-order valence-electron chi connectivity index (χ0n) is 20.1. The molecule has 0 aromatic heterocycles. The second kappa shape index (κ2) is 18.2. The summed E-state index contributed by atoms with van der Waals surface area (Å²) in [6, 6.07) is 8.18. The second-order valence-electron chi connectivity index (χ2n) is 8.46. The summed E-state index contributed by atoms with van der Waals surface area (Å²) in [6.45, 7) is 3.70. The Morgan fingerprint density at radius 2 is 1.62 bits per heavy atom. The average Bonchev–Trinajstić information content (AvgIpc) is 2.76. The molecule has 32 heavy (non-hydrogen) atoms. The Morgan fingerprint density at radius 1 is 0.938 bits per heavy atom. The molecular formula is C28H42O4. The smallest absolute Gasteiger partial charge is 0.303 e. The van der Waals surface area contributed by atoms with E-state index < -0.39 is 5.97 Å². The van der Waals surface area contributed by atoms with Gasteiger partial charge in [0, 0.05) is 13.3 Å². The highest BCUT2D eigenvalue weighted by Crippen LogP contribution is 2.16. The molecular weight excluding hydrogens is 400 g/mol. The monoisotopic (exact) mass is 442 g/mol. The molecule has 4 nitrogen and oxygen atoms in total. The van der Waals surface area contributed by atoms with Crippen molar-refractivity contribution in [3.63, 3.8) is 0 Å². The predicted molar refractivity (Wildman–Crippen MR) is 133 cm³/mol. The fourth-order valence-electron chi connectivity index (χ4n) is 3.75. The zero-order valence-corrected chi connectivity index (χ0v) is 20.1. The number of carbonyl (C=O) groups excluding carboxylic acids is 1. The van der Waals surface area contributed by atoms with Crippen molar-refractivity contribution < 1.29 is 19.4 Å². The molecule has 0 aliphatic rings. The fourth-order valence-corrected chi connectivity index (χ4v) is 3.75. The van der Waals surface area contributed by atoms with Crippen molar-refractivity contribution in [3.8, 4) is 0 Å². The topological polar surface area (TPSA) is 63.6 Å². The van der Waals surface area contributed by atoms with E-state index in [-0.39, 0.29) is 18.5 Å². The average molecular weight is 443 g/mol. The summed E-state index contributed by atoms with van der Waals surface area (Å²) in [7, 11) is 0. The summed E-state index contributed by atoms with van der Waals surface area (Å²) in [5, 5.41) is 8.78. The van der Waals surface area contributed by atoms with Crippen molar-refractivity contribution in [2.24, 2.45) is 0 Å². The van der Waals surface area contributed by atoms with E-state index in [1.54, 1.807) is 0 Å². The summed E-state index contributed by atoms with van der Waals surface area (Å²) < 4.78 is 5.46. The number of ether oxygens (including phenoxy) is 1. The van der Waals surface area contributed by atoms with Gasteiger partial charge in [-0.1, -0.05) is 94.4 Å². The Bertz CT molecular complexity index is 705. The van der Waals surface area contributed by atoms with E-state index in [4.69, 9.17) is 9.84 Å². The fraction of sp³-hybridized carbons (Fsp3) is 0.571. The van der Waals surface area contributed by atoms with Gasteiger partial charge in [-0.2, -0.15) is 0 Å². The molecule has 0 amide bonds. The van der Waals surface area contributed by atoms with Gasteiger partial charge in [-0.15, -0.1) is 0 Å². The van der Waals surface area contributed by atoms with Gasteiger partial charge in [0.1, 0.15) is 6.10 Å². The van der Waals surface area contributed by atoms with E-state index in [0.717, 1.165) is 31.2 Å². The lowest BCUT2D eigenvalue weighted by molar-refractivity contribution is -0.144. The number of allylic oxidation sites excluding steroid dienone is 2. The molecule has 0 aliphatic carbocycles. The molecule has 0 aliphatic heterocycles. The van der Waals surface area contributed by atoms with Gasteiger partial charge in [-0.3, -0.25) is 9.59 Å². The highest BCUT2D eigenvalue weighted by Gasteiger charge is 2.07. The van der Waals surface area contributed by atoms with Crippen LogP contribution in [0, 0.1) is 0 Å². The third kappa shape index (κ3) is 14.6. The van der Waals surface area contributed by atoms with E-state index in [1.165, 1.54) is 57.4 Å². The van der Waals surface area contributed by atoms with Crippen LogP contribution in [0.2, 0.25) is 0 Å². The van der Waals surface area contributed by atoms with Crippen LogP contribution in [0.25, 0.3) is 6.08 Å². The number of carboxylic acids is 1. The van der Waals surface area contributed by atoms with Crippen molar-refractivity contribution in [1.29, 1.82) is 0 Å². The number of rotatable bonds is 18. The van der Waals surface area contributed by atoms with Crippen molar-refractivity contribution in [3.05, 3.63) is 53.6 Å². The molecule has 0 radical (unpaired) electrons. The molecule has 1 aromatic carbocycles. The summed E-state index contributed by atoms with van der Waals surface area (Å²) in [5.74, 6) is -0.979. The third-order valence-electron chi connectivity index (χ3n) is 5.51. The van der Waals surface area contributed by atoms with Crippen molar-refractivity contribution >= 4 is 18.0 Å². The maximum Gasteiger partial charge on any atom is 0.303 e. The predicted octanol–water partition coefficient (Wildman–Crippen LogP) is 7.52. The van der Waals surface area contributed by atoms with Gasteiger partial charge >= 0.3 is 11.9 Å².